The molecule has 2 heterocycles. The number of nitrogens with zero attached hydrogens (tertiary/aromatic N) is 3. The van der Waals surface area contributed by atoms with Crippen LogP contribution in [0.25, 0.3) is 0 Å². The van der Waals surface area contributed by atoms with E-state index in [-0.39, 0.29) is 5.91 Å². The van der Waals surface area contributed by atoms with Gasteiger partial charge in [-0.15, -0.1) is 0 Å². The van der Waals surface area contributed by atoms with Gasteiger partial charge >= 0.3 is 0 Å². The van der Waals surface area contributed by atoms with E-state index in [1.165, 1.54) is 6.07 Å². The average molecular weight is 231 g/mol. The van der Waals surface area contributed by atoms with E-state index >= 15 is 0 Å². The molecule has 0 unspecified atom stereocenters. The number of nitrogen functional groups attached to an aromatic ring is 1. The lowest BCUT2D eigenvalue weighted by molar-refractivity contribution is 0.102. The van der Waals surface area contributed by atoms with Crippen LogP contribution in [0.5, 0.6) is 0 Å². The second kappa shape index (κ2) is 4.25. The van der Waals surface area contributed by atoms with Gasteiger partial charge in [0.1, 0.15) is 5.82 Å². The number of rotatable bonds is 2. The molecular formula is C11H13N5O. The van der Waals surface area contributed by atoms with Gasteiger partial charge in [-0.1, -0.05) is 0 Å². The van der Waals surface area contributed by atoms with Gasteiger partial charge in [0.05, 0.1) is 0 Å². The lowest BCUT2D eigenvalue weighted by Gasteiger charge is -2.04. The Labute approximate surface area is 98.5 Å². The number of aromatic nitrogens is 3. The van der Waals surface area contributed by atoms with Crippen molar-refractivity contribution in [1.82, 2.24) is 14.8 Å². The number of amides is 1. The first kappa shape index (κ1) is 11.1. The number of anilines is 2. The molecule has 17 heavy (non-hydrogen) atoms. The highest BCUT2D eigenvalue weighted by Crippen LogP contribution is 2.10. The second-order valence-corrected chi connectivity index (χ2v) is 3.75. The van der Waals surface area contributed by atoms with Gasteiger partial charge in [0, 0.05) is 30.6 Å². The van der Waals surface area contributed by atoms with Crippen LogP contribution in [-0.4, -0.2) is 20.7 Å². The van der Waals surface area contributed by atoms with Gasteiger partial charge in [-0.25, -0.2) is 4.98 Å². The van der Waals surface area contributed by atoms with Gasteiger partial charge < -0.3 is 11.1 Å². The SMILES string of the molecule is Cc1cc(C(=O)Nc2ccn(C)n2)cc(N)n1. The van der Waals surface area contributed by atoms with Crippen molar-refractivity contribution in [2.24, 2.45) is 7.05 Å². The van der Waals surface area contributed by atoms with Crippen molar-refractivity contribution >= 4 is 17.5 Å². The Morgan fingerprint density at radius 3 is 2.82 bits per heavy atom. The van der Waals surface area contributed by atoms with Gasteiger partial charge in [-0.2, -0.15) is 5.10 Å². The molecule has 0 fully saturated rings. The normalized spacial score (nSPS) is 10.2. The van der Waals surface area contributed by atoms with Crippen LogP contribution in [0.1, 0.15) is 16.1 Å². The first-order valence-corrected chi connectivity index (χ1v) is 5.10. The van der Waals surface area contributed by atoms with Crippen molar-refractivity contribution in [1.29, 1.82) is 0 Å². The molecule has 0 bridgehead atoms. The fraction of sp³-hybridized carbons (Fsp3) is 0.182. The molecule has 88 valence electrons. The quantitative estimate of drug-likeness (QED) is 0.806. The molecule has 0 spiro atoms. The van der Waals surface area contributed by atoms with Crippen LogP contribution >= 0.6 is 0 Å². The van der Waals surface area contributed by atoms with Crippen molar-refractivity contribution in [2.75, 3.05) is 11.1 Å². The molecule has 2 aromatic rings. The summed E-state index contributed by atoms with van der Waals surface area (Å²) >= 11 is 0. The van der Waals surface area contributed by atoms with Crippen LogP contribution in [0.4, 0.5) is 11.6 Å². The third kappa shape index (κ3) is 2.60. The van der Waals surface area contributed by atoms with E-state index in [0.29, 0.717) is 22.9 Å². The number of nitrogens with one attached hydrogen (secondary N) is 1. The van der Waals surface area contributed by atoms with Crippen LogP contribution in [0.15, 0.2) is 24.4 Å². The zero-order chi connectivity index (χ0) is 12.4. The van der Waals surface area contributed by atoms with Crippen molar-refractivity contribution < 1.29 is 4.79 Å². The van der Waals surface area contributed by atoms with Gasteiger partial charge in [-0.05, 0) is 19.1 Å². The summed E-state index contributed by atoms with van der Waals surface area (Å²) in [5.41, 5.74) is 6.76. The summed E-state index contributed by atoms with van der Waals surface area (Å²) in [6.45, 7) is 1.79. The monoisotopic (exact) mass is 231 g/mol. The Balaban J connectivity index is 2.19. The molecule has 0 saturated heterocycles. The van der Waals surface area contributed by atoms with E-state index in [2.05, 4.69) is 15.4 Å². The highest BCUT2D eigenvalue weighted by Gasteiger charge is 2.09. The Morgan fingerprint density at radius 2 is 2.24 bits per heavy atom. The van der Waals surface area contributed by atoms with Crippen LogP contribution in [0.2, 0.25) is 0 Å². The summed E-state index contributed by atoms with van der Waals surface area (Å²) in [5, 5.41) is 6.74. The van der Waals surface area contributed by atoms with Crippen molar-refractivity contribution in [3.63, 3.8) is 0 Å². The first-order valence-electron chi connectivity index (χ1n) is 5.10. The molecule has 0 aliphatic rings. The molecule has 0 saturated carbocycles. The molecule has 3 N–H and O–H groups in total. The third-order valence-electron chi connectivity index (χ3n) is 2.19. The summed E-state index contributed by atoms with van der Waals surface area (Å²) in [5.74, 6) is 0.586. The van der Waals surface area contributed by atoms with Crippen molar-refractivity contribution in [2.45, 2.75) is 6.92 Å². The van der Waals surface area contributed by atoms with Crippen LogP contribution in [0.3, 0.4) is 0 Å². The summed E-state index contributed by atoms with van der Waals surface area (Å²) in [6.07, 6.45) is 1.75. The van der Waals surface area contributed by atoms with Gasteiger partial charge in [0.25, 0.3) is 5.91 Å². The van der Waals surface area contributed by atoms with E-state index in [0.717, 1.165) is 0 Å². The predicted molar refractivity (Wildman–Crippen MR) is 64.5 cm³/mol. The molecule has 1 amide bonds. The zero-order valence-corrected chi connectivity index (χ0v) is 9.64. The number of carbonyl (C=O) groups excluding carboxylic acids is 1. The molecule has 0 aliphatic carbocycles. The Bertz CT molecular complexity index is 540. The van der Waals surface area contributed by atoms with Gasteiger partial charge in [-0.3, -0.25) is 9.48 Å². The topological polar surface area (TPSA) is 85.8 Å². The smallest absolute Gasteiger partial charge is 0.257 e. The molecule has 0 atom stereocenters. The Hall–Kier alpha value is -2.37. The lowest BCUT2D eigenvalue weighted by Crippen LogP contribution is -2.13. The number of hydrogen-bond donors (Lipinski definition) is 2. The largest absolute Gasteiger partial charge is 0.384 e. The van der Waals surface area contributed by atoms with Crippen LogP contribution < -0.4 is 11.1 Å². The minimum atomic E-state index is -0.249. The molecule has 0 aromatic carbocycles. The maximum Gasteiger partial charge on any atom is 0.257 e. The van der Waals surface area contributed by atoms with E-state index in [1.54, 1.807) is 37.0 Å². The summed E-state index contributed by atoms with van der Waals surface area (Å²) in [7, 11) is 1.78. The molecule has 2 rings (SSSR count). The minimum absolute atomic E-state index is 0.249. The summed E-state index contributed by atoms with van der Waals surface area (Å²) < 4.78 is 1.61. The highest BCUT2D eigenvalue weighted by atomic mass is 16.1. The molecule has 0 aliphatic heterocycles. The van der Waals surface area contributed by atoms with E-state index in [9.17, 15) is 4.79 Å². The molecule has 6 nitrogen and oxygen atoms in total. The first-order chi connectivity index (χ1) is 8.04. The lowest BCUT2D eigenvalue weighted by atomic mass is 10.2. The third-order valence-corrected chi connectivity index (χ3v) is 2.19. The highest BCUT2D eigenvalue weighted by molar-refractivity contribution is 6.04. The Kier molecular flexibility index (Phi) is 2.78. The fourth-order valence-electron chi connectivity index (χ4n) is 1.50. The van der Waals surface area contributed by atoms with Gasteiger partial charge in [0.2, 0.25) is 0 Å². The fourth-order valence-corrected chi connectivity index (χ4v) is 1.50. The number of hydrogen-bond acceptors (Lipinski definition) is 4. The Morgan fingerprint density at radius 1 is 1.47 bits per heavy atom. The van der Waals surface area contributed by atoms with Crippen LogP contribution in [0, 0.1) is 6.92 Å². The number of carbonyl (C=O) groups is 1. The molecule has 2 aromatic heterocycles. The second-order valence-electron chi connectivity index (χ2n) is 3.75. The van der Waals surface area contributed by atoms with E-state index in [1.807, 2.05) is 0 Å². The van der Waals surface area contributed by atoms with Crippen LogP contribution in [-0.2, 0) is 7.05 Å². The maximum absolute atomic E-state index is 11.9. The number of nitrogens with two attached hydrogens (primary N) is 1. The number of pyridine rings is 1. The summed E-state index contributed by atoms with van der Waals surface area (Å²) in [4.78, 5) is 15.9. The van der Waals surface area contributed by atoms with E-state index < -0.39 is 0 Å². The minimum Gasteiger partial charge on any atom is -0.384 e. The predicted octanol–water partition coefficient (Wildman–Crippen LogP) is 0.958. The number of aryl methyl sites for hydroxylation is 2. The van der Waals surface area contributed by atoms with Crippen molar-refractivity contribution in [3.05, 3.63) is 35.7 Å². The molecule has 0 radical (unpaired) electrons. The summed E-state index contributed by atoms with van der Waals surface area (Å²) in [6, 6.07) is 4.93. The van der Waals surface area contributed by atoms with Gasteiger partial charge in [0.15, 0.2) is 5.82 Å². The molecule has 6 heteroatoms. The van der Waals surface area contributed by atoms with E-state index in [4.69, 9.17) is 5.73 Å². The average Bonchev–Trinajstić information content (AvgIpc) is 2.62. The standard InChI is InChI=1S/C11H13N5O/c1-7-5-8(6-9(12)13-7)11(17)14-10-3-4-16(2)15-10/h3-6H,1-2H3,(H2,12,13)(H,14,15,17). The molecular weight excluding hydrogens is 218 g/mol. The maximum atomic E-state index is 11.9. The van der Waals surface area contributed by atoms with Crippen molar-refractivity contribution in [3.8, 4) is 0 Å². The zero-order valence-electron chi connectivity index (χ0n) is 9.64.